The Hall–Kier alpha value is -3.63. The summed E-state index contributed by atoms with van der Waals surface area (Å²) < 4.78 is 25.9. The van der Waals surface area contributed by atoms with Crippen LogP contribution in [-0.4, -0.2) is 67.4 Å². The highest BCUT2D eigenvalue weighted by Crippen LogP contribution is 2.29. The number of nitrogens with zero attached hydrogens (tertiary/aromatic N) is 4. The van der Waals surface area contributed by atoms with Crippen LogP contribution in [0.4, 0.5) is 20.6 Å². The molecule has 2 aromatic carbocycles. The summed E-state index contributed by atoms with van der Waals surface area (Å²) in [5.41, 5.74) is 2.62. The lowest BCUT2D eigenvalue weighted by Crippen LogP contribution is -2.46. The fourth-order valence-corrected chi connectivity index (χ4v) is 4.65. The zero-order chi connectivity index (χ0) is 25.9. The molecule has 3 heterocycles. The summed E-state index contributed by atoms with van der Waals surface area (Å²) in [5.74, 6) is 0.170. The smallest absolute Gasteiger partial charge is 0.414 e. The van der Waals surface area contributed by atoms with Crippen molar-refractivity contribution in [2.24, 2.45) is 0 Å². The van der Waals surface area contributed by atoms with Gasteiger partial charge in [-0.05, 0) is 30.3 Å². The molecule has 1 atom stereocenters. The van der Waals surface area contributed by atoms with Crippen molar-refractivity contribution in [3.63, 3.8) is 0 Å². The molecule has 2 fully saturated rings. The summed E-state index contributed by atoms with van der Waals surface area (Å²) in [6.07, 6.45) is -1.03. The van der Waals surface area contributed by atoms with E-state index in [1.165, 1.54) is 17.9 Å². The van der Waals surface area contributed by atoms with Crippen molar-refractivity contribution in [3.8, 4) is 11.3 Å². The van der Waals surface area contributed by atoms with E-state index in [2.05, 4.69) is 15.4 Å². The van der Waals surface area contributed by atoms with Crippen molar-refractivity contribution in [2.45, 2.75) is 19.6 Å². The summed E-state index contributed by atoms with van der Waals surface area (Å²) in [6.45, 7) is 5.26. The minimum Gasteiger partial charge on any atom is -0.442 e. The molecule has 3 aromatic rings. The average Bonchev–Trinajstić information content (AvgIpc) is 3.50. The van der Waals surface area contributed by atoms with Crippen LogP contribution in [0.3, 0.4) is 0 Å². The Balaban J connectivity index is 1.15. The Morgan fingerprint density at radius 1 is 1.14 bits per heavy atom. The summed E-state index contributed by atoms with van der Waals surface area (Å²) in [6, 6.07) is 14.1. The van der Waals surface area contributed by atoms with Crippen LogP contribution in [-0.2, 0) is 16.1 Å². The number of rotatable bonds is 7. The molecule has 194 valence electrons. The van der Waals surface area contributed by atoms with Gasteiger partial charge >= 0.3 is 6.09 Å². The third-order valence-electron chi connectivity index (χ3n) is 6.49. The molecule has 1 N–H and O–H groups in total. The number of aromatic nitrogens is 1. The molecule has 9 nitrogen and oxygen atoms in total. The fourth-order valence-electron chi connectivity index (χ4n) is 4.53. The van der Waals surface area contributed by atoms with Crippen LogP contribution in [0.1, 0.15) is 12.7 Å². The molecule has 2 amide bonds. The van der Waals surface area contributed by atoms with Crippen LogP contribution in [0.15, 0.2) is 53.1 Å². The van der Waals surface area contributed by atoms with Gasteiger partial charge in [0, 0.05) is 49.8 Å². The Bertz CT molecular complexity index is 1280. The molecule has 0 bridgehead atoms. The number of halogens is 2. The van der Waals surface area contributed by atoms with Gasteiger partial charge in [-0.2, -0.15) is 0 Å². The predicted octanol–water partition coefficient (Wildman–Crippen LogP) is 3.92. The van der Waals surface area contributed by atoms with Gasteiger partial charge in [0.05, 0.1) is 31.0 Å². The van der Waals surface area contributed by atoms with Crippen molar-refractivity contribution in [3.05, 3.63) is 65.1 Å². The molecule has 0 saturated carbocycles. The SMILES string of the molecule is CC(=O)NC[C@H]1CN(c2ccc(N3CCN(Cc4cc(-c5ccc(Cl)cc5)no4)CC3)c(F)c2)C(=O)O1. The molecule has 37 heavy (non-hydrogen) atoms. The Labute approximate surface area is 218 Å². The highest BCUT2D eigenvalue weighted by atomic mass is 35.5. The molecule has 0 aliphatic carbocycles. The first-order valence-electron chi connectivity index (χ1n) is 12.1. The zero-order valence-electron chi connectivity index (χ0n) is 20.3. The number of hydrogen-bond acceptors (Lipinski definition) is 7. The average molecular weight is 528 g/mol. The van der Waals surface area contributed by atoms with Crippen molar-refractivity contribution in [2.75, 3.05) is 49.1 Å². The van der Waals surface area contributed by atoms with Gasteiger partial charge in [0.25, 0.3) is 0 Å². The maximum atomic E-state index is 15.1. The predicted molar refractivity (Wildman–Crippen MR) is 137 cm³/mol. The normalized spacial score (nSPS) is 18.2. The van der Waals surface area contributed by atoms with Crippen molar-refractivity contribution < 1.29 is 23.2 Å². The summed E-state index contributed by atoms with van der Waals surface area (Å²) in [5, 5.41) is 7.46. The molecule has 0 unspecified atom stereocenters. The molecular weight excluding hydrogens is 501 g/mol. The van der Waals surface area contributed by atoms with E-state index in [-0.39, 0.29) is 19.0 Å². The van der Waals surface area contributed by atoms with Gasteiger partial charge in [0.1, 0.15) is 17.6 Å². The van der Waals surface area contributed by atoms with Gasteiger partial charge in [-0.15, -0.1) is 0 Å². The number of carbonyl (C=O) groups is 2. The van der Waals surface area contributed by atoms with Crippen LogP contribution in [0.25, 0.3) is 11.3 Å². The van der Waals surface area contributed by atoms with Gasteiger partial charge < -0.3 is 19.5 Å². The summed E-state index contributed by atoms with van der Waals surface area (Å²) >= 11 is 5.96. The van der Waals surface area contributed by atoms with E-state index in [1.807, 2.05) is 35.2 Å². The van der Waals surface area contributed by atoms with E-state index in [9.17, 15) is 9.59 Å². The Morgan fingerprint density at radius 2 is 1.89 bits per heavy atom. The largest absolute Gasteiger partial charge is 0.442 e. The number of benzene rings is 2. The van der Waals surface area contributed by atoms with E-state index in [1.54, 1.807) is 12.1 Å². The maximum absolute atomic E-state index is 15.1. The first kappa shape index (κ1) is 25.0. The molecule has 2 aliphatic rings. The molecule has 0 spiro atoms. The van der Waals surface area contributed by atoms with Gasteiger partial charge in [-0.3, -0.25) is 14.6 Å². The number of piperazine rings is 1. The molecule has 5 rings (SSSR count). The highest BCUT2D eigenvalue weighted by molar-refractivity contribution is 6.30. The van der Waals surface area contributed by atoms with Crippen LogP contribution in [0.2, 0.25) is 5.02 Å². The standard InChI is InChI=1S/C26H27ClFN5O4/c1-17(34)29-14-22-16-33(26(35)36-22)20-6-7-25(23(28)12-20)32-10-8-31(9-11-32)15-21-13-24(30-37-21)18-2-4-19(27)5-3-18/h2-7,12-13,22H,8-11,14-16H2,1H3,(H,29,34)/t22-/m0/s1. The Kier molecular flexibility index (Phi) is 7.29. The van der Waals surface area contributed by atoms with Crippen LogP contribution >= 0.6 is 11.6 Å². The van der Waals surface area contributed by atoms with Crippen LogP contribution < -0.4 is 15.1 Å². The second-order valence-electron chi connectivity index (χ2n) is 9.14. The number of amides is 2. The van der Waals surface area contributed by atoms with Crippen molar-refractivity contribution >= 4 is 35.0 Å². The van der Waals surface area contributed by atoms with Crippen molar-refractivity contribution in [1.29, 1.82) is 0 Å². The van der Waals surface area contributed by atoms with Gasteiger partial charge in [-0.25, -0.2) is 9.18 Å². The number of hydrogen-bond donors (Lipinski definition) is 1. The van der Waals surface area contributed by atoms with Gasteiger partial charge in [-0.1, -0.05) is 28.9 Å². The molecular formula is C26H27ClFN5O4. The number of nitrogens with one attached hydrogen (secondary N) is 1. The van der Waals surface area contributed by atoms with E-state index < -0.39 is 18.0 Å². The van der Waals surface area contributed by atoms with E-state index in [4.69, 9.17) is 20.9 Å². The van der Waals surface area contributed by atoms with Crippen LogP contribution in [0, 0.1) is 5.82 Å². The second kappa shape index (κ2) is 10.8. The first-order valence-corrected chi connectivity index (χ1v) is 12.4. The third-order valence-corrected chi connectivity index (χ3v) is 6.74. The number of ether oxygens (including phenoxy) is 1. The fraction of sp³-hybridized carbons (Fsp3) is 0.346. The lowest BCUT2D eigenvalue weighted by atomic mass is 10.1. The molecule has 11 heteroatoms. The van der Waals surface area contributed by atoms with E-state index in [0.29, 0.717) is 36.0 Å². The first-order chi connectivity index (χ1) is 17.9. The topological polar surface area (TPSA) is 91.2 Å². The van der Waals surface area contributed by atoms with Gasteiger partial charge in [0.15, 0.2) is 5.76 Å². The maximum Gasteiger partial charge on any atom is 0.414 e. The molecule has 0 radical (unpaired) electrons. The van der Waals surface area contributed by atoms with Crippen molar-refractivity contribution in [1.82, 2.24) is 15.4 Å². The van der Waals surface area contributed by atoms with E-state index >= 15 is 4.39 Å². The monoisotopic (exact) mass is 527 g/mol. The number of carbonyl (C=O) groups excluding carboxylic acids is 2. The number of anilines is 2. The Morgan fingerprint density at radius 3 is 2.59 bits per heavy atom. The molecule has 2 saturated heterocycles. The lowest BCUT2D eigenvalue weighted by Gasteiger charge is -2.35. The van der Waals surface area contributed by atoms with E-state index in [0.717, 1.165) is 30.1 Å². The third kappa shape index (κ3) is 5.86. The van der Waals surface area contributed by atoms with Crippen LogP contribution in [0.5, 0.6) is 0 Å². The molecule has 2 aliphatic heterocycles. The van der Waals surface area contributed by atoms with Gasteiger partial charge in [0.2, 0.25) is 5.91 Å². The molecule has 1 aromatic heterocycles. The zero-order valence-corrected chi connectivity index (χ0v) is 21.1. The number of cyclic esters (lactones) is 1. The quantitative estimate of drug-likeness (QED) is 0.498. The summed E-state index contributed by atoms with van der Waals surface area (Å²) in [4.78, 5) is 29.0. The minimum absolute atomic E-state index is 0.200. The summed E-state index contributed by atoms with van der Waals surface area (Å²) in [7, 11) is 0. The minimum atomic E-state index is -0.553. The lowest BCUT2D eigenvalue weighted by molar-refractivity contribution is -0.119. The second-order valence-corrected chi connectivity index (χ2v) is 9.57. The highest BCUT2D eigenvalue weighted by Gasteiger charge is 2.33.